The van der Waals surface area contributed by atoms with E-state index in [4.69, 9.17) is 11.5 Å². The topological polar surface area (TPSA) is 90.7 Å². The monoisotopic (exact) mass is 267 g/mol. The summed E-state index contributed by atoms with van der Waals surface area (Å²) < 4.78 is 4.56. The Bertz CT molecular complexity index is 432. The van der Waals surface area contributed by atoms with E-state index in [-0.39, 0.29) is 5.96 Å². The second kappa shape index (κ2) is 6.30. The molecule has 0 bridgehead atoms. The van der Waals surface area contributed by atoms with Gasteiger partial charge in [0.1, 0.15) is 0 Å². The molecule has 4 N–H and O–H groups in total. The molecule has 1 atom stereocenters. The zero-order chi connectivity index (χ0) is 13.6. The highest BCUT2D eigenvalue weighted by molar-refractivity contribution is 7.75. The number of benzene rings is 1. The van der Waals surface area contributed by atoms with Crippen LogP contribution in [0.15, 0.2) is 35.3 Å². The van der Waals surface area contributed by atoms with Gasteiger partial charge in [-0.15, -0.1) is 0 Å². The molecule has 1 rings (SSSR count). The van der Waals surface area contributed by atoms with E-state index in [9.17, 15) is 4.79 Å². The molecule has 0 amide bonds. The van der Waals surface area contributed by atoms with Crippen LogP contribution < -0.4 is 11.5 Å². The summed E-state index contributed by atoms with van der Waals surface area (Å²) in [5, 5.41) is 0. The lowest BCUT2D eigenvalue weighted by Crippen LogP contribution is -2.38. The van der Waals surface area contributed by atoms with E-state index in [1.807, 2.05) is 25.1 Å². The lowest BCUT2D eigenvalue weighted by atomic mass is 9.86. The molecule has 0 heterocycles. The number of carbonyl (C=O) groups excluding carboxylic acids is 1. The Hall–Kier alpha value is -1.69. The molecule has 1 unspecified atom stereocenters. The van der Waals surface area contributed by atoms with Crippen molar-refractivity contribution in [3.63, 3.8) is 0 Å². The minimum atomic E-state index is -1.23. The second-order valence-electron chi connectivity index (χ2n) is 3.89. The smallest absolute Gasteiger partial charge is 0.350 e. The Kier molecular flexibility index (Phi) is 5.03. The molecule has 0 fully saturated rings. The van der Waals surface area contributed by atoms with Crippen LogP contribution in [0.2, 0.25) is 0 Å². The molecular formula is C12H17N3O2S. The first-order valence-electron chi connectivity index (χ1n) is 5.59. The van der Waals surface area contributed by atoms with Gasteiger partial charge in [0.15, 0.2) is 11.5 Å². The van der Waals surface area contributed by atoms with Crippen molar-refractivity contribution in [1.82, 2.24) is 0 Å². The summed E-state index contributed by atoms with van der Waals surface area (Å²) in [7, 11) is 0. The maximum Gasteiger partial charge on any atom is 0.350 e. The van der Waals surface area contributed by atoms with Crippen molar-refractivity contribution >= 4 is 24.8 Å². The van der Waals surface area contributed by atoms with Gasteiger partial charge in [-0.1, -0.05) is 43.7 Å². The first kappa shape index (κ1) is 14.4. The predicted octanol–water partition coefficient (Wildman–Crippen LogP) is 1.34. The number of thiol groups is 1. The van der Waals surface area contributed by atoms with Crippen molar-refractivity contribution in [3.05, 3.63) is 35.9 Å². The third-order valence-corrected chi connectivity index (χ3v) is 2.77. The zero-order valence-electron chi connectivity index (χ0n) is 10.2. The molecule has 0 aliphatic rings. The number of nitrogens with zero attached hydrogens (tertiary/aromatic N) is 1. The van der Waals surface area contributed by atoms with Gasteiger partial charge in [-0.3, -0.25) is 0 Å². The first-order chi connectivity index (χ1) is 8.56. The molecule has 98 valence electrons. The van der Waals surface area contributed by atoms with Crippen LogP contribution in [0.3, 0.4) is 0 Å². The number of rotatable bonds is 5. The molecule has 0 aliphatic carbocycles. The van der Waals surface area contributed by atoms with Crippen LogP contribution in [0.25, 0.3) is 0 Å². The lowest BCUT2D eigenvalue weighted by Gasteiger charge is -2.26. The fourth-order valence-corrected chi connectivity index (χ4v) is 2.05. The van der Waals surface area contributed by atoms with Crippen molar-refractivity contribution < 1.29 is 8.98 Å². The lowest BCUT2D eigenvalue weighted by molar-refractivity contribution is -0.139. The van der Waals surface area contributed by atoms with Crippen molar-refractivity contribution in [1.29, 1.82) is 0 Å². The van der Waals surface area contributed by atoms with Crippen LogP contribution in [0.1, 0.15) is 25.3 Å². The van der Waals surface area contributed by atoms with Crippen LogP contribution in [-0.4, -0.2) is 11.9 Å². The Morgan fingerprint density at radius 1 is 1.39 bits per heavy atom. The Labute approximate surface area is 112 Å². The zero-order valence-corrected chi connectivity index (χ0v) is 11.1. The Balaban J connectivity index is 3.38. The summed E-state index contributed by atoms with van der Waals surface area (Å²) >= 11 is 3.57. The number of hydrogen-bond acceptors (Lipinski definition) is 4. The third-order valence-electron chi connectivity index (χ3n) is 2.60. The van der Waals surface area contributed by atoms with Crippen LogP contribution in [-0.2, 0) is 14.5 Å². The van der Waals surface area contributed by atoms with Gasteiger partial charge in [0, 0.05) is 12.9 Å². The fraction of sp³-hybridized carbons (Fsp3) is 0.333. The quantitative estimate of drug-likeness (QED) is 0.325. The van der Waals surface area contributed by atoms with E-state index in [1.165, 1.54) is 0 Å². The molecule has 5 nitrogen and oxygen atoms in total. The van der Waals surface area contributed by atoms with E-state index in [1.54, 1.807) is 12.1 Å². The Morgan fingerprint density at radius 3 is 2.44 bits per heavy atom. The molecule has 0 radical (unpaired) electrons. The molecule has 6 heteroatoms. The van der Waals surface area contributed by atoms with Gasteiger partial charge >= 0.3 is 5.97 Å². The van der Waals surface area contributed by atoms with Gasteiger partial charge in [0.25, 0.3) is 0 Å². The van der Waals surface area contributed by atoms with Gasteiger partial charge < -0.3 is 15.7 Å². The standard InChI is InChI=1S/C12H17N3O2S/c1-2-8-12(10(16)17-18,15-11(13)14)9-6-4-3-5-7-9/h3-7,18H,2,8H2,1H3,(H4,13,14,15). The van der Waals surface area contributed by atoms with Gasteiger partial charge in [-0.25, -0.2) is 9.79 Å². The average Bonchev–Trinajstić information content (AvgIpc) is 2.37. The molecule has 1 aromatic rings. The van der Waals surface area contributed by atoms with Crippen LogP contribution >= 0.6 is 12.9 Å². The summed E-state index contributed by atoms with van der Waals surface area (Å²) in [5.41, 5.74) is 10.3. The minimum absolute atomic E-state index is 0.161. The normalized spacial score (nSPS) is 13.4. The molecule has 0 aromatic heterocycles. The highest BCUT2D eigenvalue weighted by Crippen LogP contribution is 2.33. The van der Waals surface area contributed by atoms with Crippen molar-refractivity contribution in [2.75, 3.05) is 0 Å². The fourth-order valence-electron chi connectivity index (χ4n) is 1.90. The summed E-state index contributed by atoms with van der Waals surface area (Å²) in [5.74, 6) is -0.752. The van der Waals surface area contributed by atoms with Crippen molar-refractivity contribution in [3.8, 4) is 0 Å². The van der Waals surface area contributed by atoms with Gasteiger partial charge in [0.05, 0.1) is 0 Å². The van der Waals surface area contributed by atoms with Crippen LogP contribution in [0.5, 0.6) is 0 Å². The second-order valence-corrected chi connectivity index (χ2v) is 4.07. The molecule has 0 spiro atoms. The molecule has 18 heavy (non-hydrogen) atoms. The Morgan fingerprint density at radius 2 is 2.00 bits per heavy atom. The molecule has 1 aromatic carbocycles. The summed E-state index contributed by atoms with van der Waals surface area (Å²) in [4.78, 5) is 16.1. The average molecular weight is 267 g/mol. The van der Waals surface area contributed by atoms with Crippen molar-refractivity contribution in [2.45, 2.75) is 25.3 Å². The van der Waals surface area contributed by atoms with Gasteiger partial charge in [-0.2, -0.15) is 0 Å². The largest absolute Gasteiger partial charge is 0.393 e. The number of hydrogen-bond donors (Lipinski definition) is 3. The number of aliphatic imine (C=N–C) groups is 1. The molecule has 0 saturated carbocycles. The number of nitrogens with two attached hydrogens (primary N) is 2. The molecule has 0 aliphatic heterocycles. The summed E-state index contributed by atoms with van der Waals surface area (Å²) in [6.45, 7) is 1.94. The van der Waals surface area contributed by atoms with Crippen LogP contribution in [0.4, 0.5) is 0 Å². The molecule has 0 saturated heterocycles. The summed E-state index contributed by atoms with van der Waals surface area (Å²) in [6, 6.07) is 9.04. The highest BCUT2D eigenvalue weighted by Gasteiger charge is 2.41. The summed E-state index contributed by atoms with van der Waals surface area (Å²) in [6.07, 6.45) is 1.16. The maximum absolute atomic E-state index is 12.0. The van der Waals surface area contributed by atoms with Crippen molar-refractivity contribution in [2.24, 2.45) is 16.5 Å². The number of guanidine groups is 1. The first-order valence-corrected chi connectivity index (χ1v) is 5.95. The van der Waals surface area contributed by atoms with E-state index in [0.717, 1.165) is 0 Å². The predicted molar refractivity (Wildman–Crippen MR) is 73.9 cm³/mol. The number of carbonyl (C=O) groups is 1. The van der Waals surface area contributed by atoms with Gasteiger partial charge in [0.2, 0.25) is 0 Å². The molecular weight excluding hydrogens is 250 g/mol. The third kappa shape index (κ3) is 2.95. The van der Waals surface area contributed by atoms with E-state index < -0.39 is 11.5 Å². The van der Waals surface area contributed by atoms with Crippen LogP contribution in [0, 0.1) is 0 Å². The van der Waals surface area contributed by atoms with Gasteiger partial charge in [-0.05, 0) is 12.0 Å². The highest BCUT2D eigenvalue weighted by atomic mass is 32.1. The van der Waals surface area contributed by atoms with E-state index in [2.05, 4.69) is 22.1 Å². The van der Waals surface area contributed by atoms with E-state index in [0.29, 0.717) is 18.4 Å². The minimum Gasteiger partial charge on any atom is -0.393 e. The maximum atomic E-state index is 12.0. The van der Waals surface area contributed by atoms with E-state index >= 15 is 0 Å². The SMILES string of the molecule is CCCC(N=C(N)N)(C(=O)OS)c1ccccc1.